The van der Waals surface area contributed by atoms with Crippen molar-refractivity contribution in [1.29, 1.82) is 0 Å². The van der Waals surface area contributed by atoms with Crippen molar-refractivity contribution in [3.63, 3.8) is 0 Å². The van der Waals surface area contributed by atoms with Crippen LogP contribution in [0.3, 0.4) is 0 Å². The molecule has 1 aromatic carbocycles. The number of hydrogen-bond acceptors (Lipinski definition) is 3. The summed E-state index contributed by atoms with van der Waals surface area (Å²) in [6.45, 7) is 0. The van der Waals surface area contributed by atoms with E-state index in [-0.39, 0.29) is 11.9 Å². The summed E-state index contributed by atoms with van der Waals surface area (Å²) in [6, 6.07) is 6.54. The Bertz CT molecular complexity index is 651. The highest BCUT2D eigenvalue weighted by Gasteiger charge is 2.37. The third-order valence-corrected chi connectivity index (χ3v) is 4.86. The summed E-state index contributed by atoms with van der Waals surface area (Å²) in [7, 11) is 1.67. The van der Waals surface area contributed by atoms with Crippen molar-refractivity contribution in [2.24, 2.45) is 0 Å². The molecule has 0 aromatic heterocycles. The van der Waals surface area contributed by atoms with E-state index < -0.39 is 17.9 Å². The van der Waals surface area contributed by atoms with Crippen molar-refractivity contribution in [3.8, 4) is 0 Å². The normalized spacial score (nSPS) is 21.1. The molecule has 0 radical (unpaired) electrons. The maximum atomic E-state index is 12.3. The van der Waals surface area contributed by atoms with Crippen LogP contribution in [0.2, 0.25) is 0 Å². The number of benzene rings is 1. The lowest BCUT2D eigenvalue weighted by molar-refractivity contribution is -0.140. The van der Waals surface area contributed by atoms with Crippen LogP contribution in [-0.2, 0) is 14.4 Å². The Labute approximate surface area is 141 Å². The Kier molecular flexibility index (Phi) is 4.83. The minimum atomic E-state index is -0.793. The van der Waals surface area contributed by atoms with Gasteiger partial charge in [-0.3, -0.25) is 14.4 Å². The van der Waals surface area contributed by atoms with Crippen LogP contribution >= 0.6 is 0 Å². The third-order valence-electron chi connectivity index (χ3n) is 4.86. The largest absolute Gasteiger partial charge is 0.345 e. The Balaban J connectivity index is 1.64. The molecular weight excluding hydrogens is 306 g/mol. The van der Waals surface area contributed by atoms with Gasteiger partial charge in [0.2, 0.25) is 0 Å². The van der Waals surface area contributed by atoms with Crippen molar-refractivity contribution < 1.29 is 14.4 Å². The van der Waals surface area contributed by atoms with E-state index in [1.54, 1.807) is 13.1 Å². The van der Waals surface area contributed by atoms with Crippen LogP contribution < -0.4 is 15.5 Å². The number of amides is 3. The Hall–Kier alpha value is -2.37. The van der Waals surface area contributed by atoms with E-state index in [1.165, 1.54) is 17.7 Å². The Morgan fingerprint density at radius 2 is 1.62 bits per heavy atom. The molecule has 1 saturated carbocycles. The van der Waals surface area contributed by atoms with Crippen molar-refractivity contribution in [2.45, 2.75) is 50.6 Å². The van der Waals surface area contributed by atoms with E-state index >= 15 is 0 Å². The van der Waals surface area contributed by atoms with Crippen LogP contribution in [0.1, 0.15) is 50.1 Å². The fraction of sp³-hybridized carbons (Fsp3) is 0.500. The second-order valence-electron chi connectivity index (χ2n) is 6.52. The lowest BCUT2D eigenvalue weighted by atomic mass is 10.1. The summed E-state index contributed by atoms with van der Waals surface area (Å²) in [6.07, 6.45) is 6.33. The summed E-state index contributed by atoms with van der Waals surface area (Å²) < 4.78 is 0. The molecular formula is C18H23N3O3. The average Bonchev–Trinajstić information content (AvgIpc) is 2.78. The number of carbonyl (C=O) groups is 3. The van der Waals surface area contributed by atoms with Gasteiger partial charge in [0, 0.05) is 24.3 Å². The van der Waals surface area contributed by atoms with Gasteiger partial charge in [-0.15, -0.1) is 0 Å². The number of nitrogens with one attached hydrogen (secondary N) is 2. The molecule has 24 heavy (non-hydrogen) atoms. The fourth-order valence-corrected chi connectivity index (χ4v) is 3.49. The average molecular weight is 329 g/mol. The van der Waals surface area contributed by atoms with Gasteiger partial charge in [-0.25, -0.2) is 0 Å². The molecule has 0 spiro atoms. The van der Waals surface area contributed by atoms with Crippen LogP contribution in [0.25, 0.3) is 0 Å². The van der Waals surface area contributed by atoms with Crippen molar-refractivity contribution >= 4 is 23.4 Å². The van der Waals surface area contributed by atoms with Crippen molar-refractivity contribution in [2.75, 3.05) is 11.9 Å². The predicted octanol–water partition coefficient (Wildman–Crippen LogP) is 1.66. The zero-order chi connectivity index (χ0) is 17.1. The Morgan fingerprint density at radius 3 is 2.33 bits per heavy atom. The smallest absolute Gasteiger partial charge is 0.310 e. The summed E-state index contributed by atoms with van der Waals surface area (Å²) in [4.78, 5) is 38.2. The van der Waals surface area contributed by atoms with Gasteiger partial charge in [-0.2, -0.15) is 0 Å². The lowest BCUT2D eigenvalue weighted by Gasteiger charge is -2.17. The fourth-order valence-electron chi connectivity index (χ4n) is 3.49. The number of hydrogen-bond donors (Lipinski definition) is 2. The van der Waals surface area contributed by atoms with Gasteiger partial charge in [-0.05, 0) is 18.9 Å². The van der Waals surface area contributed by atoms with Crippen LogP contribution in [0, 0.1) is 0 Å². The summed E-state index contributed by atoms with van der Waals surface area (Å²) >= 11 is 0. The minimum Gasteiger partial charge on any atom is -0.345 e. The summed E-state index contributed by atoms with van der Waals surface area (Å²) in [5.74, 6) is -1.63. The van der Waals surface area contributed by atoms with E-state index in [1.807, 2.05) is 18.2 Å². The van der Waals surface area contributed by atoms with Gasteiger partial charge >= 0.3 is 11.8 Å². The molecule has 1 unspecified atom stereocenters. The molecule has 128 valence electrons. The first kappa shape index (κ1) is 16.5. The van der Waals surface area contributed by atoms with Gasteiger partial charge in [0.1, 0.15) is 6.04 Å². The number of rotatable bonds is 2. The molecule has 3 amide bonds. The Morgan fingerprint density at radius 1 is 1.00 bits per heavy atom. The van der Waals surface area contributed by atoms with Crippen LogP contribution in [-0.4, -0.2) is 30.8 Å². The highest BCUT2D eigenvalue weighted by atomic mass is 16.2. The second kappa shape index (κ2) is 7.03. The van der Waals surface area contributed by atoms with Gasteiger partial charge in [0.25, 0.3) is 5.91 Å². The maximum absolute atomic E-state index is 12.3. The van der Waals surface area contributed by atoms with E-state index in [4.69, 9.17) is 0 Å². The van der Waals surface area contributed by atoms with E-state index in [0.717, 1.165) is 36.9 Å². The van der Waals surface area contributed by atoms with Gasteiger partial charge in [0.05, 0.1) is 0 Å². The number of likely N-dealkylation sites (N-methyl/N-ethyl adjacent to an activating group) is 1. The topological polar surface area (TPSA) is 78.5 Å². The molecule has 1 fully saturated rings. The van der Waals surface area contributed by atoms with Crippen molar-refractivity contribution in [1.82, 2.24) is 10.6 Å². The quantitative estimate of drug-likeness (QED) is 0.640. The van der Waals surface area contributed by atoms with Gasteiger partial charge in [0.15, 0.2) is 0 Å². The summed E-state index contributed by atoms with van der Waals surface area (Å²) in [5, 5.41) is 5.38. The monoisotopic (exact) mass is 329 g/mol. The molecule has 1 aliphatic carbocycles. The van der Waals surface area contributed by atoms with Crippen molar-refractivity contribution in [3.05, 3.63) is 29.8 Å². The third kappa shape index (κ3) is 3.27. The molecule has 0 bridgehead atoms. The van der Waals surface area contributed by atoms with Gasteiger partial charge in [-0.1, -0.05) is 43.9 Å². The molecule has 1 atom stereocenters. The SMILES string of the molecule is CN1C(=O)C(NC(=O)C(=O)NC2CCCCCC2)c2ccccc21. The summed E-state index contributed by atoms with van der Waals surface area (Å²) in [5.41, 5.74) is 1.48. The molecule has 6 heteroatoms. The van der Waals surface area contributed by atoms with Crippen LogP contribution in [0.4, 0.5) is 5.69 Å². The standard InChI is InChI=1S/C18H23N3O3/c1-21-14-11-7-6-10-13(14)15(18(21)24)20-17(23)16(22)19-12-8-4-2-3-5-9-12/h6-7,10-12,15H,2-5,8-9H2,1H3,(H,19,22)(H,20,23). The minimum absolute atomic E-state index is 0.0555. The van der Waals surface area contributed by atoms with Crippen LogP contribution in [0.15, 0.2) is 24.3 Å². The molecule has 6 nitrogen and oxygen atoms in total. The lowest BCUT2D eigenvalue weighted by Crippen LogP contribution is -2.47. The zero-order valence-corrected chi connectivity index (χ0v) is 13.9. The molecule has 3 rings (SSSR count). The zero-order valence-electron chi connectivity index (χ0n) is 13.9. The maximum Gasteiger partial charge on any atom is 0.310 e. The predicted molar refractivity (Wildman–Crippen MR) is 90.4 cm³/mol. The van der Waals surface area contributed by atoms with E-state index in [9.17, 15) is 14.4 Å². The molecule has 1 aromatic rings. The highest BCUT2D eigenvalue weighted by Crippen LogP contribution is 2.34. The van der Waals surface area contributed by atoms with E-state index in [2.05, 4.69) is 10.6 Å². The first-order valence-corrected chi connectivity index (χ1v) is 8.56. The first-order chi connectivity index (χ1) is 11.6. The second-order valence-corrected chi connectivity index (χ2v) is 6.52. The molecule has 2 N–H and O–H groups in total. The number of para-hydroxylation sites is 1. The highest BCUT2D eigenvalue weighted by molar-refractivity contribution is 6.35. The molecule has 0 saturated heterocycles. The number of fused-ring (bicyclic) bond motifs is 1. The molecule has 1 heterocycles. The van der Waals surface area contributed by atoms with Gasteiger partial charge < -0.3 is 15.5 Å². The first-order valence-electron chi connectivity index (χ1n) is 8.56. The number of nitrogens with zero attached hydrogens (tertiary/aromatic N) is 1. The number of anilines is 1. The van der Waals surface area contributed by atoms with Crippen LogP contribution in [0.5, 0.6) is 0 Å². The van der Waals surface area contributed by atoms with E-state index in [0.29, 0.717) is 0 Å². The number of carbonyl (C=O) groups excluding carboxylic acids is 3. The molecule has 2 aliphatic rings. The molecule has 1 aliphatic heterocycles.